The molecule has 0 saturated heterocycles. The van der Waals surface area contributed by atoms with Crippen molar-refractivity contribution in [2.75, 3.05) is 4.90 Å². The Labute approximate surface area is 173 Å². The highest BCUT2D eigenvalue weighted by molar-refractivity contribution is 6.58. The van der Waals surface area contributed by atoms with E-state index in [1.807, 2.05) is 20.8 Å². The maximum atomic E-state index is 13.6. The van der Waals surface area contributed by atoms with Crippen LogP contribution in [0.2, 0.25) is 5.02 Å². The van der Waals surface area contributed by atoms with E-state index in [0.717, 1.165) is 0 Å². The largest absolute Gasteiger partial charge is 0.290 e. The summed E-state index contributed by atoms with van der Waals surface area (Å²) in [5.74, 6) is -1.17. The molecule has 2 aromatic rings. The van der Waals surface area contributed by atoms with Crippen molar-refractivity contribution < 1.29 is 9.59 Å². The summed E-state index contributed by atoms with van der Waals surface area (Å²) in [7, 11) is 0. The molecule has 1 aliphatic heterocycles. The van der Waals surface area contributed by atoms with Crippen LogP contribution in [0.15, 0.2) is 65.3 Å². The number of benzene rings is 2. The van der Waals surface area contributed by atoms with Crippen molar-refractivity contribution in [3.63, 3.8) is 0 Å². The number of halogens is 3. The maximum Gasteiger partial charge on any atom is 0.265 e. The first-order valence-electron chi connectivity index (χ1n) is 8.38. The van der Waals surface area contributed by atoms with Gasteiger partial charge in [-0.2, -0.15) is 0 Å². The first-order chi connectivity index (χ1) is 12.6. The van der Waals surface area contributed by atoms with Crippen LogP contribution >= 0.6 is 34.8 Å². The number of amides is 1. The van der Waals surface area contributed by atoms with Crippen LogP contribution in [-0.4, -0.2) is 11.7 Å². The van der Waals surface area contributed by atoms with E-state index in [1.54, 1.807) is 54.6 Å². The van der Waals surface area contributed by atoms with E-state index in [1.165, 1.54) is 4.90 Å². The lowest BCUT2D eigenvalue weighted by molar-refractivity contribution is -0.129. The van der Waals surface area contributed by atoms with Crippen LogP contribution in [0.3, 0.4) is 0 Å². The van der Waals surface area contributed by atoms with Gasteiger partial charge in [0.15, 0.2) is 0 Å². The summed E-state index contributed by atoms with van der Waals surface area (Å²) in [6.07, 6.45) is 0. The summed E-state index contributed by atoms with van der Waals surface area (Å²) in [6.45, 7) is 5.66. The van der Waals surface area contributed by atoms with Crippen molar-refractivity contribution >= 4 is 52.2 Å². The van der Waals surface area contributed by atoms with Crippen LogP contribution in [0.1, 0.15) is 26.3 Å². The van der Waals surface area contributed by atoms with E-state index in [9.17, 15) is 9.59 Å². The normalized spacial score (nSPS) is 21.0. The fraction of sp³-hybridized carbons (Fsp3) is 0.238. The van der Waals surface area contributed by atoms with E-state index in [4.69, 9.17) is 34.8 Å². The number of carbonyl (C=O) groups is 2. The third kappa shape index (κ3) is 3.29. The first-order valence-corrected chi connectivity index (χ1v) is 9.51. The molecule has 0 N–H and O–H groups in total. The van der Waals surface area contributed by atoms with Crippen molar-refractivity contribution in [1.29, 1.82) is 0 Å². The molecule has 1 aliphatic rings. The Kier molecular flexibility index (Phi) is 5.15. The number of ketones is 1. The fourth-order valence-corrected chi connectivity index (χ4v) is 4.12. The second kappa shape index (κ2) is 6.97. The van der Waals surface area contributed by atoms with Gasteiger partial charge in [0.2, 0.25) is 10.7 Å². The second-order valence-electron chi connectivity index (χ2n) is 7.38. The summed E-state index contributed by atoms with van der Waals surface area (Å²) in [5, 5.41) is 0.489. The highest BCUT2D eigenvalue weighted by Crippen LogP contribution is 2.47. The van der Waals surface area contributed by atoms with Crippen molar-refractivity contribution in [2.24, 2.45) is 5.41 Å². The molecule has 0 bridgehead atoms. The number of hydrogen-bond donors (Lipinski definition) is 0. The Morgan fingerprint density at radius 2 is 1.44 bits per heavy atom. The zero-order chi connectivity index (χ0) is 20.0. The average molecular weight is 423 g/mol. The van der Waals surface area contributed by atoms with Gasteiger partial charge in [-0.15, -0.1) is 0 Å². The molecular formula is C21H18Cl3NO2. The molecule has 1 heterocycles. The molecule has 0 spiro atoms. The number of allylic oxidation sites excluding steroid dienone is 2. The first kappa shape index (κ1) is 19.9. The third-order valence-corrected chi connectivity index (χ3v) is 5.56. The Bertz CT molecular complexity index is 930. The molecule has 0 unspecified atom stereocenters. The van der Waals surface area contributed by atoms with Gasteiger partial charge >= 0.3 is 0 Å². The Morgan fingerprint density at radius 3 is 1.96 bits per heavy atom. The molecule has 1 atom stereocenters. The molecule has 140 valence electrons. The molecule has 0 radical (unpaired) electrons. The minimum Gasteiger partial charge on any atom is -0.290 e. The zero-order valence-electron chi connectivity index (χ0n) is 15.1. The van der Waals surface area contributed by atoms with Crippen LogP contribution in [0.4, 0.5) is 5.69 Å². The topological polar surface area (TPSA) is 37.4 Å². The van der Waals surface area contributed by atoms with Gasteiger partial charge in [0.25, 0.3) is 5.91 Å². The van der Waals surface area contributed by atoms with E-state index in [0.29, 0.717) is 22.0 Å². The third-order valence-electron chi connectivity index (χ3n) is 4.41. The molecule has 0 fully saturated rings. The van der Waals surface area contributed by atoms with Gasteiger partial charge in [-0.1, -0.05) is 85.9 Å². The van der Waals surface area contributed by atoms with Gasteiger partial charge < -0.3 is 0 Å². The highest BCUT2D eigenvalue weighted by Gasteiger charge is 2.55. The minimum absolute atomic E-state index is 0.0455. The number of rotatable bonds is 2. The summed E-state index contributed by atoms with van der Waals surface area (Å²) in [4.78, 5) is 26.3. The fourth-order valence-electron chi connectivity index (χ4n) is 3.13. The maximum absolute atomic E-state index is 13.6. The van der Waals surface area contributed by atoms with Crippen molar-refractivity contribution in [1.82, 2.24) is 0 Å². The predicted molar refractivity (Wildman–Crippen MR) is 110 cm³/mol. The Balaban J connectivity index is 2.30. The lowest BCUT2D eigenvalue weighted by Gasteiger charge is -2.42. The second-order valence-corrected chi connectivity index (χ2v) is 8.76. The molecule has 3 rings (SSSR count). The monoisotopic (exact) mass is 421 g/mol. The van der Waals surface area contributed by atoms with Gasteiger partial charge in [-0.05, 0) is 29.8 Å². The lowest BCUT2D eigenvalue weighted by atomic mass is 9.81. The molecule has 1 amide bonds. The lowest BCUT2D eigenvalue weighted by Crippen LogP contribution is -2.54. The quantitative estimate of drug-likeness (QED) is 0.447. The smallest absolute Gasteiger partial charge is 0.265 e. The van der Waals surface area contributed by atoms with Crippen LogP contribution in [-0.2, 0) is 14.5 Å². The standard InChI is InChI=1S/C21H18Cl3NO2/c1-20(2,3)17-16(23)18(26)21(24,13-7-5-4-6-8-13)19(27)25(17)15-11-9-14(22)10-12-15/h4-12H,1-3H3/t21-/m0/s1. The summed E-state index contributed by atoms with van der Waals surface area (Å²) >= 11 is 19.2. The van der Waals surface area contributed by atoms with Gasteiger partial charge in [-0.3, -0.25) is 14.5 Å². The zero-order valence-corrected chi connectivity index (χ0v) is 17.4. The molecule has 27 heavy (non-hydrogen) atoms. The molecule has 2 aromatic carbocycles. The molecule has 6 heteroatoms. The molecule has 0 aromatic heterocycles. The van der Waals surface area contributed by atoms with Gasteiger partial charge in [-0.25, -0.2) is 0 Å². The van der Waals surface area contributed by atoms with E-state index >= 15 is 0 Å². The number of anilines is 1. The van der Waals surface area contributed by atoms with E-state index in [2.05, 4.69) is 0 Å². The van der Waals surface area contributed by atoms with E-state index < -0.39 is 22.0 Å². The number of carbonyl (C=O) groups excluding carboxylic acids is 2. The Hall–Kier alpha value is -1.81. The SMILES string of the molecule is CC(C)(C)C1=C(Cl)C(=O)[C@@](Cl)(c2ccccc2)C(=O)N1c1ccc(Cl)cc1. The number of alkyl halides is 1. The van der Waals surface area contributed by atoms with E-state index in [-0.39, 0.29) is 5.03 Å². The van der Waals surface area contributed by atoms with Gasteiger partial charge in [0, 0.05) is 16.1 Å². The van der Waals surface area contributed by atoms with Crippen LogP contribution < -0.4 is 4.90 Å². The summed E-state index contributed by atoms with van der Waals surface area (Å²) in [6, 6.07) is 15.3. The predicted octanol–water partition coefficient (Wildman–Crippen LogP) is 5.89. The van der Waals surface area contributed by atoms with Crippen molar-refractivity contribution in [2.45, 2.75) is 25.6 Å². The van der Waals surface area contributed by atoms with Crippen molar-refractivity contribution in [3.05, 3.63) is 75.9 Å². The summed E-state index contributed by atoms with van der Waals surface area (Å²) in [5.41, 5.74) is 0.762. The number of nitrogens with zero attached hydrogens (tertiary/aromatic N) is 1. The molecular weight excluding hydrogens is 405 g/mol. The summed E-state index contributed by atoms with van der Waals surface area (Å²) < 4.78 is 0. The highest BCUT2D eigenvalue weighted by atomic mass is 35.5. The van der Waals surface area contributed by atoms with Crippen LogP contribution in [0.5, 0.6) is 0 Å². The van der Waals surface area contributed by atoms with Crippen molar-refractivity contribution in [3.8, 4) is 0 Å². The van der Waals surface area contributed by atoms with Gasteiger partial charge in [0.05, 0.1) is 5.70 Å². The molecule has 0 aliphatic carbocycles. The minimum atomic E-state index is -1.92. The number of Topliss-reactive ketones (excluding diaryl/α,β-unsaturated/α-hetero) is 1. The Morgan fingerprint density at radius 1 is 0.889 bits per heavy atom. The number of hydrogen-bond acceptors (Lipinski definition) is 2. The molecule has 0 saturated carbocycles. The molecule has 3 nitrogen and oxygen atoms in total. The van der Waals surface area contributed by atoms with Crippen LogP contribution in [0.25, 0.3) is 0 Å². The van der Waals surface area contributed by atoms with Gasteiger partial charge in [0.1, 0.15) is 5.03 Å². The average Bonchev–Trinajstić information content (AvgIpc) is 2.63. The van der Waals surface area contributed by atoms with Crippen LogP contribution in [0, 0.1) is 5.41 Å².